The number of anilines is 1. The number of amides is 2. The molecular formula is C36H37Cl2N3O4S. The second-order valence-corrected chi connectivity index (χ2v) is 14.4. The molecule has 0 bridgehead atoms. The van der Waals surface area contributed by atoms with Gasteiger partial charge in [-0.3, -0.25) is 13.9 Å². The van der Waals surface area contributed by atoms with Crippen LogP contribution in [0.15, 0.2) is 108 Å². The molecule has 7 nitrogen and oxygen atoms in total. The minimum Gasteiger partial charge on any atom is -0.352 e. The fraction of sp³-hybridized carbons (Fsp3) is 0.278. The van der Waals surface area contributed by atoms with Crippen LogP contribution in [0.5, 0.6) is 0 Å². The standard InChI is InChI=1S/C36H37Cl2N3O4S/c1-26-11-10-14-28(19-26)24-40(34(20-27-12-4-2-5-13-27)36(43)39-31-15-8-9-16-31)35(42)25-41(32-22-29(37)21-30(38)23-32)46(44,45)33-17-6-3-7-18-33/h2-7,10-14,17-19,21-23,31,34H,8-9,15-16,20,24-25H2,1H3,(H,39,43)/t34-/m0/s1. The van der Waals surface area contributed by atoms with Gasteiger partial charge < -0.3 is 10.2 Å². The number of nitrogens with zero attached hydrogens (tertiary/aromatic N) is 2. The van der Waals surface area contributed by atoms with E-state index in [1.54, 1.807) is 18.2 Å². The largest absolute Gasteiger partial charge is 0.352 e. The van der Waals surface area contributed by atoms with Crippen molar-refractivity contribution in [1.82, 2.24) is 10.2 Å². The van der Waals surface area contributed by atoms with E-state index >= 15 is 0 Å². The van der Waals surface area contributed by atoms with Gasteiger partial charge in [-0.15, -0.1) is 0 Å². The Morgan fingerprint density at radius 3 is 2.07 bits per heavy atom. The molecule has 1 N–H and O–H groups in total. The number of hydrogen-bond donors (Lipinski definition) is 1. The molecule has 2 amide bonds. The molecule has 0 heterocycles. The summed E-state index contributed by atoms with van der Waals surface area (Å²) in [5, 5.41) is 3.63. The Kier molecular flexibility index (Phi) is 11.0. The number of carbonyl (C=O) groups excluding carboxylic acids is 2. The first-order chi connectivity index (χ1) is 22.1. The Balaban J connectivity index is 1.58. The maximum atomic E-state index is 14.6. The highest BCUT2D eigenvalue weighted by Crippen LogP contribution is 2.30. The van der Waals surface area contributed by atoms with Crippen LogP contribution in [0.1, 0.15) is 42.4 Å². The van der Waals surface area contributed by atoms with Gasteiger partial charge in [0.2, 0.25) is 11.8 Å². The predicted octanol–water partition coefficient (Wildman–Crippen LogP) is 7.20. The number of sulfonamides is 1. The van der Waals surface area contributed by atoms with E-state index in [0.29, 0.717) is 0 Å². The van der Waals surface area contributed by atoms with E-state index < -0.39 is 28.5 Å². The molecule has 1 saturated carbocycles. The van der Waals surface area contributed by atoms with Crippen molar-refractivity contribution in [3.05, 3.63) is 130 Å². The van der Waals surface area contributed by atoms with Crippen LogP contribution >= 0.6 is 23.2 Å². The summed E-state index contributed by atoms with van der Waals surface area (Å²) in [6, 6.07) is 28.7. The lowest BCUT2D eigenvalue weighted by Crippen LogP contribution is -2.54. The lowest BCUT2D eigenvalue weighted by molar-refractivity contribution is -0.140. The van der Waals surface area contributed by atoms with Crippen molar-refractivity contribution >= 4 is 50.7 Å². The molecule has 0 spiro atoms. The van der Waals surface area contributed by atoms with E-state index in [1.807, 2.05) is 61.5 Å². The number of benzene rings is 4. The maximum Gasteiger partial charge on any atom is 0.264 e. The number of rotatable bonds is 12. The van der Waals surface area contributed by atoms with Crippen molar-refractivity contribution in [3.63, 3.8) is 0 Å². The summed E-state index contributed by atoms with van der Waals surface area (Å²) >= 11 is 12.6. The molecule has 4 aromatic carbocycles. The topological polar surface area (TPSA) is 86.8 Å². The highest BCUT2D eigenvalue weighted by Gasteiger charge is 2.35. The lowest BCUT2D eigenvalue weighted by atomic mass is 10.0. The minimum atomic E-state index is -4.25. The zero-order chi connectivity index (χ0) is 32.7. The first-order valence-corrected chi connectivity index (χ1v) is 17.5. The van der Waals surface area contributed by atoms with E-state index in [2.05, 4.69) is 5.32 Å². The number of nitrogens with one attached hydrogen (secondary N) is 1. The van der Waals surface area contributed by atoms with E-state index in [1.165, 1.54) is 35.2 Å². The van der Waals surface area contributed by atoms with Crippen molar-refractivity contribution in [2.24, 2.45) is 0 Å². The molecule has 0 unspecified atom stereocenters. The van der Waals surface area contributed by atoms with Crippen LogP contribution in [-0.4, -0.2) is 43.8 Å². The third-order valence-corrected chi connectivity index (χ3v) is 10.4. The van der Waals surface area contributed by atoms with Gasteiger partial charge in [-0.1, -0.05) is 114 Å². The van der Waals surface area contributed by atoms with Gasteiger partial charge in [0, 0.05) is 29.1 Å². The number of halogens is 2. The van der Waals surface area contributed by atoms with E-state index in [0.717, 1.165) is 46.7 Å². The smallest absolute Gasteiger partial charge is 0.264 e. The van der Waals surface area contributed by atoms with Crippen molar-refractivity contribution in [3.8, 4) is 0 Å². The molecule has 0 radical (unpaired) electrons. The van der Waals surface area contributed by atoms with Gasteiger partial charge >= 0.3 is 0 Å². The summed E-state index contributed by atoms with van der Waals surface area (Å²) in [7, 11) is -4.25. The lowest BCUT2D eigenvalue weighted by Gasteiger charge is -2.34. The third-order valence-electron chi connectivity index (χ3n) is 8.15. The maximum absolute atomic E-state index is 14.6. The van der Waals surface area contributed by atoms with Gasteiger partial charge in [-0.25, -0.2) is 8.42 Å². The zero-order valence-electron chi connectivity index (χ0n) is 25.6. The van der Waals surface area contributed by atoms with Crippen LogP contribution in [-0.2, 0) is 32.6 Å². The molecule has 4 aromatic rings. The average molecular weight is 679 g/mol. The van der Waals surface area contributed by atoms with Gasteiger partial charge in [0.25, 0.3) is 10.0 Å². The van der Waals surface area contributed by atoms with Crippen LogP contribution in [0, 0.1) is 6.92 Å². The second-order valence-electron chi connectivity index (χ2n) is 11.7. The Morgan fingerprint density at radius 1 is 0.826 bits per heavy atom. The fourth-order valence-corrected chi connectivity index (χ4v) is 7.79. The molecule has 0 aliphatic heterocycles. The molecule has 240 valence electrons. The normalized spacial score (nSPS) is 14.1. The molecule has 10 heteroatoms. The van der Waals surface area contributed by atoms with Crippen LogP contribution in [0.2, 0.25) is 10.0 Å². The third kappa shape index (κ3) is 8.49. The summed E-state index contributed by atoms with van der Waals surface area (Å²) in [6.07, 6.45) is 4.09. The van der Waals surface area contributed by atoms with Gasteiger partial charge in [0.1, 0.15) is 12.6 Å². The van der Waals surface area contributed by atoms with Gasteiger partial charge in [0.05, 0.1) is 10.6 Å². The SMILES string of the molecule is Cc1cccc(CN(C(=O)CN(c2cc(Cl)cc(Cl)c2)S(=O)(=O)c2ccccc2)[C@@H](Cc2ccccc2)C(=O)NC2CCCC2)c1. The minimum absolute atomic E-state index is 0.00365. The summed E-state index contributed by atoms with van der Waals surface area (Å²) in [5.41, 5.74) is 2.84. The van der Waals surface area contributed by atoms with Crippen LogP contribution in [0.25, 0.3) is 0 Å². The van der Waals surface area contributed by atoms with Crippen LogP contribution < -0.4 is 9.62 Å². The van der Waals surface area contributed by atoms with Crippen LogP contribution in [0.4, 0.5) is 5.69 Å². The summed E-state index contributed by atoms with van der Waals surface area (Å²) in [5.74, 6) is -0.806. The molecule has 5 rings (SSSR count). The Morgan fingerprint density at radius 2 is 1.43 bits per heavy atom. The Hall–Kier alpha value is -3.85. The molecule has 0 aromatic heterocycles. The summed E-state index contributed by atoms with van der Waals surface area (Å²) in [6.45, 7) is 1.48. The molecule has 46 heavy (non-hydrogen) atoms. The van der Waals surface area contributed by atoms with Crippen molar-refractivity contribution in [2.75, 3.05) is 10.8 Å². The van der Waals surface area contributed by atoms with Crippen LogP contribution in [0.3, 0.4) is 0 Å². The molecular weight excluding hydrogens is 641 g/mol. The Labute approximate surface area is 281 Å². The predicted molar refractivity (Wildman–Crippen MR) is 183 cm³/mol. The van der Waals surface area contributed by atoms with Crippen molar-refractivity contribution in [2.45, 2.75) is 62.6 Å². The first-order valence-electron chi connectivity index (χ1n) is 15.3. The first kappa shape index (κ1) is 33.5. The number of carbonyl (C=O) groups is 2. The monoisotopic (exact) mass is 677 g/mol. The van der Waals surface area contributed by atoms with Crippen molar-refractivity contribution in [1.29, 1.82) is 0 Å². The van der Waals surface area contributed by atoms with E-state index in [-0.39, 0.29) is 45.5 Å². The number of aryl methyl sites for hydroxylation is 1. The quantitative estimate of drug-likeness (QED) is 0.172. The molecule has 0 saturated heterocycles. The highest BCUT2D eigenvalue weighted by molar-refractivity contribution is 7.92. The van der Waals surface area contributed by atoms with Crippen molar-refractivity contribution < 1.29 is 18.0 Å². The van der Waals surface area contributed by atoms with Gasteiger partial charge in [-0.2, -0.15) is 0 Å². The van der Waals surface area contributed by atoms with Gasteiger partial charge in [-0.05, 0) is 61.2 Å². The van der Waals surface area contributed by atoms with E-state index in [4.69, 9.17) is 23.2 Å². The molecule has 1 aliphatic carbocycles. The molecule has 1 atom stereocenters. The summed E-state index contributed by atoms with van der Waals surface area (Å²) < 4.78 is 29.3. The number of hydrogen-bond acceptors (Lipinski definition) is 4. The van der Waals surface area contributed by atoms with Gasteiger partial charge in [0.15, 0.2) is 0 Å². The Bertz CT molecular complexity index is 1740. The van der Waals surface area contributed by atoms with E-state index in [9.17, 15) is 18.0 Å². The fourth-order valence-electron chi connectivity index (χ4n) is 5.86. The second kappa shape index (κ2) is 15.2. The summed E-state index contributed by atoms with van der Waals surface area (Å²) in [4.78, 5) is 30.2. The molecule has 1 aliphatic rings. The zero-order valence-corrected chi connectivity index (χ0v) is 27.9. The molecule has 1 fully saturated rings. The average Bonchev–Trinajstić information content (AvgIpc) is 3.55. The highest BCUT2D eigenvalue weighted by atomic mass is 35.5.